The first kappa shape index (κ1) is 22.7. The molecule has 1 aliphatic heterocycles. The van der Waals surface area contributed by atoms with Crippen LogP contribution in [0.2, 0.25) is 5.02 Å². The standard InChI is InChI=1S/C28H22ClNO5/c1-15-7-6-9-20(16(15)2)30-25(19-8-4-5-10-22(19)34-3)24(27(32)28(30)33)26(31)23-14-17-13-18(29)11-12-21(17)35-23/h4-14,25,32H,1-3H3. The third kappa shape index (κ3) is 3.67. The highest BCUT2D eigenvalue weighted by Crippen LogP contribution is 2.46. The summed E-state index contributed by atoms with van der Waals surface area (Å²) in [4.78, 5) is 28.7. The third-order valence-corrected chi connectivity index (χ3v) is 6.66. The summed E-state index contributed by atoms with van der Waals surface area (Å²) in [5, 5.41) is 12.2. The van der Waals surface area contributed by atoms with E-state index in [1.54, 1.807) is 54.6 Å². The number of Topliss-reactive ketones (excluding diaryl/α,β-unsaturated/α-hetero) is 1. The second-order valence-corrected chi connectivity index (χ2v) is 8.86. The van der Waals surface area contributed by atoms with Gasteiger partial charge in [-0.05, 0) is 61.4 Å². The number of hydrogen-bond donors (Lipinski definition) is 1. The van der Waals surface area contributed by atoms with E-state index in [1.807, 2.05) is 26.0 Å². The lowest BCUT2D eigenvalue weighted by Crippen LogP contribution is -2.32. The first-order chi connectivity index (χ1) is 16.8. The molecule has 0 aliphatic carbocycles. The Balaban J connectivity index is 1.72. The summed E-state index contributed by atoms with van der Waals surface area (Å²) in [6, 6.07) is 18.4. The molecule has 6 nitrogen and oxygen atoms in total. The fraction of sp³-hybridized carbons (Fsp3) is 0.143. The maximum atomic E-state index is 13.8. The number of anilines is 1. The smallest absolute Gasteiger partial charge is 0.294 e. The number of nitrogens with zero attached hydrogens (tertiary/aromatic N) is 1. The molecule has 1 amide bonds. The number of methoxy groups -OCH3 is 1. The number of hydrogen-bond acceptors (Lipinski definition) is 5. The van der Waals surface area contributed by atoms with E-state index < -0.39 is 23.5 Å². The fourth-order valence-electron chi connectivity index (χ4n) is 4.53. The van der Waals surface area contributed by atoms with E-state index >= 15 is 0 Å². The number of furan rings is 1. The summed E-state index contributed by atoms with van der Waals surface area (Å²) in [5.41, 5.74) is 3.39. The first-order valence-corrected chi connectivity index (χ1v) is 11.4. The molecule has 1 N–H and O–H groups in total. The molecule has 1 unspecified atom stereocenters. The van der Waals surface area contributed by atoms with Crippen molar-refractivity contribution in [1.82, 2.24) is 0 Å². The summed E-state index contributed by atoms with van der Waals surface area (Å²) in [6.07, 6.45) is 0. The Bertz CT molecular complexity index is 1530. The van der Waals surface area contributed by atoms with Gasteiger partial charge in [0, 0.05) is 21.7 Å². The summed E-state index contributed by atoms with van der Waals surface area (Å²) >= 11 is 6.09. The van der Waals surface area contributed by atoms with Crippen molar-refractivity contribution in [2.45, 2.75) is 19.9 Å². The fourth-order valence-corrected chi connectivity index (χ4v) is 4.71. The first-order valence-electron chi connectivity index (χ1n) is 11.0. The van der Waals surface area contributed by atoms with Crippen molar-refractivity contribution in [2.24, 2.45) is 0 Å². The molecule has 0 fully saturated rings. The quantitative estimate of drug-likeness (QED) is 0.325. The minimum absolute atomic E-state index is 0.000621. The molecular weight excluding hydrogens is 466 g/mol. The zero-order valence-electron chi connectivity index (χ0n) is 19.3. The van der Waals surface area contributed by atoms with Gasteiger partial charge in [0.25, 0.3) is 5.91 Å². The van der Waals surface area contributed by atoms with Crippen molar-refractivity contribution in [3.05, 3.63) is 106 Å². The number of aliphatic hydroxyl groups is 1. The number of amides is 1. The molecule has 0 saturated heterocycles. The molecule has 1 aromatic heterocycles. The maximum absolute atomic E-state index is 13.8. The molecule has 7 heteroatoms. The van der Waals surface area contributed by atoms with Crippen molar-refractivity contribution in [1.29, 1.82) is 0 Å². The van der Waals surface area contributed by atoms with Gasteiger partial charge in [0.2, 0.25) is 5.78 Å². The molecule has 1 aliphatic rings. The average Bonchev–Trinajstić information content (AvgIpc) is 3.39. The number of ketones is 1. The lowest BCUT2D eigenvalue weighted by Gasteiger charge is -2.29. The van der Waals surface area contributed by atoms with E-state index in [4.69, 9.17) is 20.8 Å². The molecule has 3 aromatic carbocycles. The van der Waals surface area contributed by atoms with Gasteiger partial charge in [0.15, 0.2) is 11.5 Å². The van der Waals surface area contributed by atoms with Crippen LogP contribution >= 0.6 is 11.6 Å². The molecule has 35 heavy (non-hydrogen) atoms. The molecule has 0 spiro atoms. The number of halogens is 1. The largest absolute Gasteiger partial charge is 0.503 e. The number of rotatable bonds is 5. The molecule has 176 valence electrons. The second kappa shape index (κ2) is 8.64. The zero-order chi connectivity index (χ0) is 24.9. The van der Waals surface area contributed by atoms with Gasteiger partial charge in [0.05, 0.1) is 18.7 Å². The van der Waals surface area contributed by atoms with E-state index in [0.29, 0.717) is 33.0 Å². The van der Waals surface area contributed by atoms with Crippen LogP contribution in [-0.2, 0) is 4.79 Å². The van der Waals surface area contributed by atoms with Crippen LogP contribution in [0.1, 0.15) is 33.3 Å². The van der Waals surface area contributed by atoms with Crippen molar-refractivity contribution in [3.63, 3.8) is 0 Å². The van der Waals surface area contributed by atoms with E-state index in [2.05, 4.69) is 0 Å². The molecule has 0 saturated carbocycles. The Morgan fingerprint density at radius 2 is 1.83 bits per heavy atom. The monoisotopic (exact) mass is 487 g/mol. The third-order valence-electron chi connectivity index (χ3n) is 6.42. The van der Waals surface area contributed by atoms with Crippen LogP contribution in [0.4, 0.5) is 5.69 Å². The zero-order valence-corrected chi connectivity index (χ0v) is 20.1. The Hall–Kier alpha value is -4.03. The Labute approximate surface area is 207 Å². The predicted octanol–water partition coefficient (Wildman–Crippen LogP) is 6.49. The molecule has 4 aromatic rings. The van der Waals surface area contributed by atoms with Crippen LogP contribution in [0.3, 0.4) is 0 Å². The van der Waals surface area contributed by atoms with Crippen LogP contribution < -0.4 is 9.64 Å². The maximum Gasteiger partial charge on any atom is 0.294 e. The number of carbonyl (C=O) groups excluding carboxylic acids is 2. The van der Waals surface area contributed by atoms with Gasteiger partial charge < -0.3 is 14.3 Å². The van der Waals surface area contributed by atoms with Gasteiger partial charge in [-0.1, -0.05) is 41.9 Å². The van der Waals surface area contributed by atoms with Crippen LogP contribution in [-0.4, -0.2) is 23.9 Å². The molecule has 5 rings (SSSR count). The lowest BCUT2D eigenvalue weighted by atomic mass is 9.93. The lowest BCUT2D eigenvalue weighted by molar-refractivity contribution is -0.117. The van der Waals surface area contributed by atoms with Crippen molar-refractivity contribution < 1.29 is 23.8 Å². The number of benzene rings is 3. The summed E-state index contributed by atoms with van der Waals surface area (Å²) in [6.45, 7) is 3.84. The average molecular weight is 488 g/mol. The highest BCUT2D eigenvalue weighted by atomic mass is 35.5. The van der Waals surface area contributed by atoms with Gasteiger partial charge in [-0.15, -0.1) is 0 Å². The molecule has 2 heterocycles. The van der Waals surface area contributed by atoms with Gasteiger partial charge in [0.1, 0.15) is 11.3 Å². The van der Waals surface area contributed by atoms with Crippen LogP contribution in [0.25, 0.3) is 11.0 Å². The highest BCUT2D eigenvalue weighted by Gasteiger charge is 2.46. The predicted molar refractivity (Wildman–Crippen MR) is 134 cm³/mol. The number of aryl methyl sites for hydroxylation is 1. The minimum atomic E-state index is -0.927. The van der Waals surface area contributed by atoms with Gasteiger partial charge in [-0.2, -0.15) is 0 Å². The molecule has 0 bridgehead atoms. The summed E-state index contributed by atoms with van der Waals surface area (Å²) < 4.78 is 11.4. The van der Waals surface area contributed by atoms with Crippen molar-refractivity contribution in [2.75, 3.05) is 12.0 Å². The highest BCUT2D eigenvalue weighted by molar-refractivity contribution is 6.31. The number of carbonyl (C=O) groups is 2. The van der Waals surface area contributed by atoms with Gasteiger partial charge in [-0.25, -0.2) is 0 Å². The van der Waals surface area contributed by atoms with Gasteiger partial charge in [-0.3, -0.25) is 14.5 Å². The SMILES string of the molecule is COc1ccccc1C1C(C(=O)c2cc3cc(Cl)ccc3o2)=C(O)C(=O)N1c1cccc(C)c1C. The topological polar surface area (TPSA) is 80.0 Å². The molecule has 0 radical (unpaired) electrons. The molecular formula is C28H22ClNO5. The number of para-hydroxylation sites is 1. The number of ether oxygens (including phenoxy) is 1. The normalized spacial score (nSPS) is 15.8. The second-order valence-electron chi connectivity index (χ2n) is 8.42. The number of fused-ring (bicyclic) bond motifs is 1. The van der Waals surface area contributed by atoms with E-state index in [0.717, 1.165) is 11.1 Å². The number of aliphatic hydroxyl groups excluding tert-OH is 1. The van der Waals surface area contributed by atoms with E-state index in [9.17, 15) is 14.7 Å². The summed E-state index contributed by atoms with van der Waals surface area (Å²) in [7, 11) is 1.52. The summed E-state index contributed by atoms with van der Waals surface area (Å²) in [5.74, 6) is -1.40. The van der Waals surface area contributed by atoms with Crippen LogP contribution in [0, 0.1) is 13.8 Å². The Kier molecular flexibility index (Phi) is 5.61. The van der Waals surface area contributed by atoms with Crippen molar-refractivity contribution in [3.8, 4) is 5.75 Å². The minimum Gasteiger partial charge on any atom is -0.503 e. The van der Waals surface area contributed by atoms with Crippen LogP contribution in [0.15, 0.2) is 82.5 Å². The Morgan fingerprint density at radius 3 is 2.60 bits per heavy atom. The van der Waals surface area contributed by atoms with Crippen LogP contribution in [0.5, 0.6) is 5.75 Å². The van der Waals surface area contributed by atoms with E-state index in [1.165, 1.54) is 12.0 Å². The van der Waals surface area contributed by atoms with Crippen molar-refractivity contribution >= 4 is 39.9 Å². The van der Waals surface area contributed by atoms with E-state index in [-0.39, 0.29) is 11.3 Å². The Morgan fingerprint density at radius 1 is 1.06 bits per heavy atom. The van der Waals surface area contributed by atoms with Gasteiger partial charge >= 0.3 is 0 Å². The molecule has 1 atom stereocenters.